The molecule has 0 aliphatic carbocycles. The number of cyclic esters (lactones) is 1. The van der Waals surface area contributed by atoms with Gasteiger partial charge >= 0.3 is 25.7 Å². The van der Waals surface area contributed by atoms with Crippen LogP contribution in [0, 0.1) is 17.8 Å². The van der Waals surface area contributed by atoms with Gasteiger partial charge in [-0.25, -0.2) is 4.57 Å². The Morgan fingerprint density at radius 1 is 1.00 bits per heavy atom. The van der Waals surface area contributed by atoms with Crippen molar-refractivity contribution in [2.24, 2.45) is 17.8 Å². The number of rotatable bonds is 14. The molecule has 0 aromatic rings. The Morgan fingerprint density at radius 3 is 2.24 bits per heavy atom. The Balaban J connectivity index is 2.10. The quantitative estimate of drug-likeness (QED) is 0.0726. The Labute approximate surface area is 366 Å². The molecular formula is C42H74NO18P. The zero-order valence-electron chi connectivity index (χ0n) is 38.2. The molecule has 3 heterocycles. The first-order valence-corrected chi connectivity index (χ1v) is 23.2. The molecule has 16 atom stereocenters. The van der Waals surface area contributed by atoms with E-state index in [0.717, 1.165) is 0 Å². The summed E-state index contributed by atoms with van der Waals surface area (Å²) in [6, 6.07) is -1.04. The highest BCUT2D eigenvalue weighted by Gasteiger charge is 2.55. The number of phosphoric acid groups is 1. The third-order valence-electron chi connectivity index (χ3n) is 11.6. The zero-order valence-corrected chi connectivity index (χ0v) is 39.1. The van der Waals surface area contributed by atoms with Crippen molar-refractivity contribution >= 4 is 25.7 Å². The predicted molar refractivity (Wildman–Crippen MR) is 222 cm³/mol. The number of allylic oxidation sites excluding steroid dienone is 1. The Kier molecular flexibility index (Phi) is 21.4. The number of aliphatic hydroxyl groups excluding tert-OH is 2. The molecule has 20 heteroatoms. The summed E-state index contributed by atoms with van der Waals surface area (Å²) < 4.78 is 67.1. The summed E-state index contributed by atoms with van der Waals surface area (Å²) in [5, 5.41) is 33.2. The van der Waals surface area contributed by atoms with E-state index in [9.17, 15) is 44.1 Å². The molecule has 0 bridgehead atoms. The molecule has 0 radical (unpaired) electrons. The topological polar surface area (TPSA) is 256 Å². The van der Waals surface area contributed by atoms with Crippen molar-refractivity contribution in [1.82, 2.24) is 4.90 Å². The van der Waals surface area contributed by atoms with Crippen LogP contribution in [0.5, 0.6) is 0 Å². The van der Waals surface area contributed by atoms with Crippen molar-refractivity contribution in [2.45, 2.75) is 192 Å². The van der Waals surface area contributed by atoms with Gasteiger partial charge in [-0.05, 0) is 91.6 Å². The van der Waals surface area contributed by atoms with E-state index in [4.69, 9.17) is 42.4 Å². The lowest BCUT2D eigenvalue weighted by atomic mass is 9.82. The number of nitrogens with zero attached hydrogens (tertiary/aromatic N) is 1. The predicted octanol–water partition coefficient (Wildman–Crippen LogP) is 3.15. The largest absolute Gasteiger partial charge is 0.470 e. The standard InChI is InChI=1S/C42H74NO18P/c1-23(2)19-32(47)58-40-27(6)55-34(22-42(40,8)49)59-36-26(5)56-41(39(35(36)43(9)10)61-62(50,51)52)60-37-29(17-18-44)20-24(3)30(46)16-14-12-13-15-25(4)54-33(48)21-31(38(37)53-11)57-28(7)45/h12,14,23-27,29-31,34-41,44,46,49H,13,15-22H2,1-11H3,(H2,50,51,52)/b14-12+/t24-,25-,26-,27+,29+,30+,31-,34+,35+,36-,37+,38+,39-,40+,41+,42-/m1/s1. The molecule has 0 aromatic carbocycles. The fourth-order valence-corrected chi connectivity index (χ4v) is 9.19. The zero-order chi connectivity index (χ0) is 46.7. The van der Waals surface area contributed by atoms with E-state index in [-0.39, 0.29) is 38.2 Å². The maximum Gasteiger partial charge on any atom is 0.470 e. The number of carbonyl (C=O) groups excluding carboxylic acids is 3. The van der Waals surface area contributed by atoms with Crippen LogP contribution in [0.25, 0.3) is 0 Å². The maximum absolute atomic E-state index is 13.4. The van der Waals surface area contributed by atoms with Crippen LogP contribution < -0.4 is 0 Å². The fourth-order valence-electron chi connectivity index (χ4n) is 8.65. The highest BCUT2D eigenvalue weighted by atomic mass is 31.2. The van der Waals surface area contributed by atoms with Gasteiger partial charge in [-0.3, -0.25) is 18.9 Å². The molecule has 0 saturated carbocycles. The first kappa shape index (κ1) is 54.2. The van der Waals surface area contributed by atoms with Crippen LogP contribution >= 0.6 is 7.82 Å². The number of hydrogen-bond acceptors (Lipinski definition) is 17. The van der Waals surface area contributed by atoms with Gasteiger partial charge in [0.05, 0.1) is 43.0 Å². The maximum atomic E-state index is 13.4. The lowest BCUT2D eigenvalue weighted by Gasteiger charge is -2.51. The Bertz CT molecular complexity index is 1490. The van der Waals surface area contributed by atoms with Crippen molar-refractivity contribution < 1.29 is 86.5 Å². The van der Waals surface area contributed by atoms with Crippen LogP contribution in [-0.2, 0) is 61.4 Å². The highest BCUT2D eigenvalue weighted by molar-refractivity contribution is 7.46. The van der Waals surface area contributed by atoms with Gasteiger partial charge in [0.1, 0.15) is 30.0 Å². The van der Waals surface area contributed by atoms with Crippen LogP contribution in [0.2, 0.25) is 0 Å². The molecule has 3 rings (SSSR count). The van der Waals surface area contributed by atoms with E-state index in [1.54, 1.807) is 39.8 Å². The molecule has 2 fully saturated rings. The summed E-state index contributed by atoms with van der Waals surface area (Å²) in [6.45, 7) is 12.9. The Hall–Kier alpha value is -2.10. The van der Waals surface area contributed by atoms with E-state index in [0.29, 0.717) is 19.3 Å². The van der Waals surface area contributed by atoms with Gasteiger partial charge < -0.3 is 67.9 Å². The van der Waals surface area contributed by atoms with E-state index < -0.39 is 129 Å². The second-order valence-corrected chi connectivity index (χ2v) is 19.1. The van der Waals surface area contributed by atoms with Crippen LogP contribution in [0.15, 0.2) is 12.2 Å². The van der Waals surface area contributed by atoms with Gasteiger partial charge in [0.2, 0.25) is 0 Å². The molecule has 0 spiro atoms. The number of carbonyl (C=O) groups is 3. The van der Waals surface area contributed by atoms with Crippen LogP contribution in [0.4, 0.5) is 0 Å². The first-order chi connectivity index (χ1) is 28.9. The van der Waals surface area contributed by atoms with Crippen molar-refractivity contribution in [2.75, 3.05) is 27.8 Å². The van der Waals surface area contributed by atoms with Crippen LogP contribution in [-0.4, -0.2) is 161 Å². The summed E-state index contributed by atoms with van der Waals surface area (Å²) in [5.74, 6) is -2.98. The third kappa shape index (κ3) is 16.4. The molecule has 2 saturated heterocycles. The number of methoxy groups -OCH3 is 1. The van der Waals surface area contributed by atoms with Crippen LogP contribution in [0.1, 0.15) is 107 Å². The summed E-state index contributed by atoms with van der Waals surface area (Å²) in [6.07, 6.45) is -8.30. The molecule has 5 N–H and O–H groups in total. The minimum Gasteiger partial charge on any atom is -0.463 e. The van der Waals surface area contributed by atoms with Crippen molar-refractivity contribution in [1.29, 1.82) is 0 Å². The average molecular weight is 912 g/mol. The Morgan fingerprint density at radius 2 is 1.68 bits per heavy atom. The van der Waals surface area contributed by atoms with Gasteiger partial charge in [0, 0.05) is 33.5 Å². The molecule has 0 amide bonds. The monoisotopic (exact) mass is 911 g/mol. The molecule has 62 heavy (non-hydrogen) atoms. The van der Waals surface area contributed by atoms with E-state index in [1.165, 1.54) is 21.0 Å². The summed E-state index contributed by atoms with van der Waals surface area (Å²) in [7, 11) is -0.736. The molecule has 3 aliphatic heterocycles. The number of phosphoric ester groups is 1. The third-order valence-corrected chi connectivity index (χ3v) is 12.1. The highest BCUT2D eigenvalue weighted by Crippen LogP contribution is 2.45. The summed E-state index contributed by atoms with van der Waals surface area (Å²) in [5.41, 5.74) is -1.60. The normalized spacial score (nSPS) is 38.9. The average Bonchev–Trinajstić information content (AvgIpc) is 3.12. The van der Waals surface area contributed by atoms with Gasteiger partial charge in [-0.15, -0.1) is 0 Å². The van der Waals surface area contributed by atoms with Crippen molar-refractivity contribution in [3.05, 3.63) is 12.2 Å². The van der Waals surface area contributed by atoms with E-state index in [1.807, 2.05) is 32.9 Å². The summed E-state index contributed by atoms with van der Waals surface area (Å²) in [4.78, 5) is 60.8. The molecule has 360 valence electrons. The minimum atomic E-state index is -5.33. The molecule has 0 aromatic heterocycles. The van der Waals surface area contributed by atoms with Gasteiger partial charge in [-0.1, -0.05) is 32.9 Å². The first-order valence-electron chi connectivity index (χ1n) is 21.6. The number of hydrogen-bond donors (Lipinski definition) is 5. The fraction of sp³-hybridized carbons (Fsp3) is 0.881. The van der Waals surface area contributed by atoms with E-state index in [2.05, 4.69) is 0 Å². The molecule has 0 unspecified atom stereocenters. The minimum absolute atomic E-state index is 0.0297. The lowest BCUT2D eigenvalue weighted by Crippen LogP contribution is -2.66. The smallest absolute Gasteiger partial charge is 0.463 e. The number of esters is 3. The van der Waals surface area contributed by atoms with Crippen molar-refractivity contribution in [3.63, 3.8) is 0 Å². The molecular weight excluding hydrogens is 837 g/mol. The number of likely N-dealkylation sites (N-methyl/N-ethyl adjacent to an activating group) is 1. The van der Waals surface area contributed by atoms with Gasteiger partial charge in [0.25, 0.3) is 0 Å². The molecule has 19 nitrogen and oxygen atoms in total. The number of aliphatic hydroxyl groups is 3. The van der Waals surface area contributed by atoms with E-state index >= 15 is 0 Å². The molecule has 3 aliphatic rings. The van der Waals surface area contributed by atoms with Crippen LogP contribution in [0.3, 0.4) is 0 Å². The second kappa shape index (κ2) is 24.4. The van der Waals surface area contributed by atoms with Gasteiger partial charge in [-0.2, -0.15) is 0 Å². The summed E-state index contributed by atoms with van der Waals surface area (Å²) >= 11 is 0. The lowest BCUT2D eigenvalue weighted by molar-refractivity contribution is -0.342. The van der Waals surface area contributed by atoms with Gasteiger partial charge in [0.15, 0.2) is 18.7 Å². The SMILES string of the molecule is CO[C@@H]1[C@@H](O[C@@H]2O[C@H](C)[C@@H](O[C@H]3C[C@@](C)(O)[C@@H](OC(=O)CC(C)C)[C@H](C)O3)[C@H](N(C)C)[C@H]2OP(=O)(O)O)[C@@H](CCO)C[C@@H](C)[C@@H](O)C/C=C/CC[C@@H](C)OC(=O)C[C@H]1OC(C)=O. The second-order valence-electron chi connectivity index (χ2n) is 18.0. The number of ether oxygens (including phenoxy) is 8. The van der Waals surface area contributed by atoms with Crippen molar-refractivity contribution in [3.8, 4) is 0 Å².